The van der Waals surface area contributed by atoms with Crippen molar-refractivity contribution in [2.24, 2.45) is 0 Å². The number of anilines is 3. The lowest BCUT2D eigenvalue weighted by molar-refractivity contribution is -0.384. The molecule has 1 aromatic heterocycles. The van der Waals surface area contributed by atoms with Crippen LogP contribution in [0.4, 0.5) is 23.1 Å². The minimum Gasteiger partial charge on any atom is -0.354 e. The minimum absolute atomic E-state index is 0.114. The van der Waals surface area contributed by atoms with Gasteiger partial charge in [-0.2, -0.15) is 4.98 Å². The van der Waals surface area contributed by atoms with E-state index in [1.165, 1.54) is 0 Å². The zero-order valence-corrected chi connectivity index (χ0v) is 11.4. The molecule has 0 aliphatic carbocycles. The second-order valence-electron chi connectivity index (χ2n) is 3.85. The molecule has 0 unspecified atom stereocenters. The van der Waals surface area contributed by atoms with E-state index < -0.39 is 4.92 Å². The SMILES string of the molecule is CCNc1ncc([N+](=O)[O-])c(Nc2cccc(Cl)c2)n1. The molecule has 1 heterocycles. The Labute approximate surface area is 120 Å². The van der Waals surface area contributed by atoms with E-state index in [2.05, 4.69) is 20.6 Å². The molecule has 2 rings (SSSR count). The molecule has 0 aliphatic heterocycles. The highest BCUT2D eigenvalue weighted by atomic mass is 35.5. The predicted molar refractivity (Wildman–Crippen MR) is 77.6 cm³/mol. The number of hydrogen-bond donors (Lipinski definition) is 2. The lowest BCUT2D eigenvalue weighted by atomic mass is 10.3. The average Bonchev–Trinajstić information content (AvgIpc) is 2.39. The number of nitro groups is 1. The van der Waals surface area contributed by atoms with Gasteiger partial charge in [0.1, 0.15) is 6.20 Å². The van der Waals surface area contributed by atoms with Gasteiger partial charge in [-0.1, -0.05) is 17.7 Å². The molecule has 0 atom stereocenters. The van der Waals surface area contributed by atoms with Crippen LogP contribution in [0, 0.1) is 10.1 Å². The molecule has 0 bridgehead atoms. The molecule has 104 valence electrons. The van der Waals surface area contributed by atoms with Gasteiger partial charge in [0.25, 0.3) is 0 Å². The van der Waals surface area contributed by atoms with Gasteiger partial charge in [0.15, 0.2) is 0 Å². The van der Waals surface area contributed by atoms with Crippen LogP contribution in [0.15, 0.2) is 30.5 Å². The molecule has 0 aliphatic rings. The summed E-state index contributed by atoms with van der Waals surface area (Å²) in [4.78, 5) is 18.4. The summed E-state index contributed by atoms with van der Waals surface area (Å²) in [5, 5.41) is 17.3. The normalized spacial score (nSPS) is 10.1. The number of nitrogens with zero attached hydrogens (tertiary/aromatic N) is 3. The summed E-state index contributed by atoms with van der Waals surface area (Å²) in [7, 11) is 0. The van der Waals surface area contributed by atoms with Crippen LogP contribution in [0.1, 0.15) is 6.92 Å². The fourth-order valence-electron chi connectivity index (χ4n) is 1.55. The topological polar surface area (TPSA) is 93.0 Å². The minimum atomic E-state index is -0.539. The van der Waals surface area contributed by atoms with E-state index in [0.717, 1.165) is 6.20 Å². The molecular formula is C12H12ClN5O2. The van der Waals surface area contributed by atoms with Gasteiger partial charge in [0, 0.05) is 17.3 Å². The summed E-state index contributed by atoms with van der Waals surface area (Å²) in [5.74, 6) is 0.436. The van der Waals surface area contributed by atoms with Crippen molar-refractivity contribution in [1.82, 2.24) is 9.97 Å². The van der Waals surface area contributed by atoms with E-state index in [1.54, 1.807) is 24.3 Å². The Hall–Kier alpha value is -2.41. The molecule has 0 amide bonds. The molecule has 2 aromatic rings. The molecule has 0 saturated carbocycles. The van der Waals surface area contributed by atoms with Crippen molar-refractivity contribution in [3.8, 4) is 0 Å². The molecule has 2 N–H and O–H groups in total. The highest BCUT2D eigenvalue weighted by Gasteiger charge is 2.17. The fourth-order valence-corrected chi connectivity index (χ4v) is 1.74. The Balaban J connectivity index is 2.36. The summed E-state index contributed by atoms with van der Waals surface area (Å²) >= 11 is 5.88. The molecule has 7 nitrogen and oxygen atoms in total. The van der Waals surface area contributed by atoms with Gasteiger partial charge in [-0.25, -0.2) is 4.98 Å². The van der Waals surface area contributed by atoms with Crippen molar-refractivity contribution in [3.63, 3.8) is 0 Å². The highest BCUT2D eigenvalue weighted by molar-refractivity contribution is 6.30. The van der Waals surface area contributed by atoms with Gasteiger partial charge in [0.2, 0.25) is 11.8 Å². The maximum atomic E-state index is 11.0. The van der Waals surface area contributed by atoms with E-state index in [0.29, 0.717) is 23.2 Å². The maximum absolute atomic E-state index is 11.0. The standard InChI is InChI=1S/C12H12ClN5O2/c1-2-14-12-15-7-10(18(19)20)11(17-12)16-9-5-3-4-8(13)6-9/h3-7H,2H2,1H3,(H2,14,15,16,17). The van der Waals surface area contributed by atoms with Crippen LogP contribution < -0.4 is 10.6 Å². The molecule has 0 spiro atoms. The van der Waals surface area contributed by atoms with E-state index in [9.17, 15) is 10.1 Å². The molecule has 1 aromatic carbocycles. The van der Waals surface area contributed by atoms with Crippen molar-refractivity contribution in [2.75, 3.05) is 17.2 Å². The van der Waals surface area contributed by atoms with Crippen molar-refractivity contribution in [2.45, 2.75) is 6.92 Å². The highest BCUT2D eigenvalue weighted by Crippen LogP contribution is 2.26. The third-order valence-corrected chi connectivity index (χ3v) is 2.62. The van der Waals surface area contributed by atoms with Crippen molar-refractivity contribution in [1.29, 1.82) is 0 Å². The van der Waals surface area contributed by atoms with Crippen LogP contribution in [0.5, 0.6) is 0 Å². The number of hydrogen-bond acceptors (Lipinski definition) is 6. The monoisotopic (exact) mass is 293 g/mol. The molecule has 8 heteroatoms. The second-order valence-corrected chi connectivity index (χ2v) is 4.29. The summed E-state index contributed by atoms with van der Waals surface area (Å²) in [5.41, 5.74) is 0.411. The van der Waals surface area contributed by atoms with E-state index >= 15 is 0 Å². The Morgan fingerprint density at radius 3 is 2.90 bits per heavy atom. The Bertz CT molecular complexity index is 635. The zero-order valence-electron chi connectivity index (χ0n) is 10.6. The second kappa shape index (κ2) is 6.16. The van der Waals surface area contributed by atoms with Gasteiger partial charge >= 0.3 is 5.69 Å². The van der Waals surface area contributed by atoms with E-state index in [4.69, 9.17) is 11.6 Å². The molecular weight excluding hydrogens is 282 g/mol. The number of rotatable bonds is 5. The Morgan fingerprint density at radius 1 is 1.45 bits per heavy atom. The Kier molecular flexibility index (Phi) is 4.31. The maximum Gasteiger partial charge on any atom is 0.329 e. The first-order valence-electron chi connectivity index (χ1n) is 5.88. The summed E-state index contributed by atoms with van der Waals surface area (Å²) in [6.07, 6.45) is 1.16. The van der Waals surface area contributed by atoms with Crippen LogP contribution in [0.2, 0.25) is 5.02 Å². The predicted octanol–water partition coefficient (Wildman–Crippen LogP) is 3.21. The first-order chi connectivity index (χ1) is 9.60. The third-order valence-electron chi connectivity index (χ3n) is 2.39. The van der Waals surface area contributed by atoms with Crippen LogP contribution in [-0.4, -0.2) is 21.4 Å². The van der Waals surface area contributed by atoms with E-state index in [1.807, 2.05) is 6.92 Å². The largest absolute Gasteiger partial charge is 0.354 e. The van der Waals surface area contributed by atoms with Gasteiger partial charge in [0.05, 0.1) is 4.92 Å². The van der Waals surface area contributed by atoms with E-state index in [-0.39, 0.29) is 11.5 Å². The zero-order chi connectivity index (χ0) is 14.5. The van der Waals surface area contributed by atoms with Crippen LogP contribution in [0.25, 0.3) is 0 Å². The number of nitrogens with one attached hydrogen (secondary N) is 2. The van der Waals surface area contributed by atoms with Gasteiger partial charge in [-0.15, -0.1) is 0 Å². The molecule has 0 radical (unpaired) electrons. The summed E-state index contributed by atoms with van der Waals surface area (Å²) in [6, 6.07) is 6.85. The van der Waals surface area contributed by atoms with Gasteiger partial charge in [-0.05, 0) is 25.1 Å². The van der Waals surface area contributed by atoms with Crippen LogP contribution in [-0.2, 0) is 0 Å². The summed E-state index contributed by atoms with van der Waals surface area (Å²) in [6.45, 7) is 2.50. The third kappa shape index (κ3) is 3.33. The number of aromatic nitrogens is 2. The first-order valence-corrected chi connectivity index (χ1v) is 6.26. The summed E-state index contributed by atoms with van der Waals surface area (Å²) < 4.78 is 0. The molecule has 0 fully saturated rings. The lowest BCUT2D eigenvalue weighted by Gasteiger charge is -2.08. The Morgan fingerprint density at radius 2 is 2.25 bits per heavy atom. The lowest BCUT2D eigenvalue weighted by Crippen LogP contribution is -2.06. The smallest absolute Gasteiger partial charge is 0.329 e. The molecule has 0 saturated heterocycles. The van der Waals surface area contributed by atoms with Crippen LogP contribution in [0.3, 0.4) is 0 Å². The number of halogens is 1. The van der Waals surface area contributed by atoms with Gasteiger partial charge < -0.3 is 10.6 Å². The average molecular weight is 294 g/mol. The van der Waals surface area contributed by atoms with Crippen molar-refractivity contribution < 1.29 is 4.92 Å². The van der Waals surface area contributed by atoms with Gasteiger partial charge in [-0.3, -0.25) is 10.1 Å². The van der Waals surface area contributed by atoms with Crippen LogP contribution >= 0.6 is 11.6 Å². The van der Waals surface area contributed by atoms with Crippen molar-refractivity contribution in [3.05, 3.63) is 45.6 Å². The molecule has 20 heavy (non-hydrogen) atoms. The van der Waals surface area contributed by atoms with Crippen molar-refractivity contribution >= 4 is 34.7 Å². The number of benzene rings is 1. The first kappa shape index (κ1) is 14.0. The fraction of sp³-hybridized carbons (Fsp3) is 0.167. The quantitative estimate of drug-likeness (QED) is 0.649.